The molecule has 5 heteroatoms. The maximum Gasteiger partial charge on any atom is 0.387 e. The summed E-state index contributed by atoms with van der Waals surface area (Å²) in [6, 6.07) is 4.47. The van der Waals surface area contributed by atoms with E-state index >= 15 is 0 Å². The Morgan fingerprint density at radius 3 is 2.69 bits per heavy atom. The molecule has 0 aliphatic rings. The summed E-state index contributed by atoms with van der Waals surface area (Å²) in [5.41, 5.74) is 0.309. The molecule has 3 nitrogen and oxygen atoms in total. The van der Waals surface area contributed by atoms with Crippen molar-refractivity contribution in [2.24, 2.45) is 0 Å². The number of alkyl halides is 2. The second-order valence-electron chi connectivity index (χ2n) is 3.15. The van der Waals surface area contributed by atoms with E-state index in [1.165, 1.54) is 12.1 Å². The van der Waals surface area contributed by atoms with E-state index in [-0.39, 0.29) is 12.4 Å². The third-order valence-corrected chi connectivity index (χ3v) is 1.90. The molecule has 1 rings (SSSR count). The Kier molecular flexibility index (Phi) is 4.98. The molecule has 1 N–H and O–H groups in total. The van der Waals surface area contributed by atoms with Gasteiger partial charge in [0, 0.05) is 11.6 Å². The van der Waals surface area contributed by atoms with Crippen molar-refractivity contribution in [1.82, 2.24) is 0 Å². The quantitative estimate of drug-likeness (QED) is 0.819. The Morgan fingerprint density at radius 1 is 1.38 bits per heavy atom. The van der Waals surface area contributed by atoms with Crippen LogP contribution in [0.5, 0.6) is 11.5 Å². The van der Waals surface area contributed by atoms with Crippen molar-refractivity contribution in [2.45, 2.75) is 26.6 Å². The number of benzene rings is 1. The van der Waals surface area contributed by atoms with Gasteiger partial charge in [0.1, 0.15) is 11.5 Å². The lowest BCUT2D eigenvalue weighted by Crippen LogP contribution is -2.05. The number of hydrogen-bond acceptors (Lipinski definition) is 3. The number of hydrogen-bond donors (Lipinski definition) is 1. The molecule has 0 unspecified atom stereocenters. The first-order valence-electron chi connectivity index (χ1n) is 4.98. The minimum atomic E-state index is -2.91. The molecular weight excluding hydrogens is 218 g/mol. The lowest BCUT2D eigenvalue weighted by atomic mass is 10.2. The van der Waals surface area contributed by atoms with Crippen LogP contribution >= 0.6 is 0 Å². The number of rotatable bonds is 6. The number of aliphatic hydroxyl groups is 1. The molecule has 0 fully saturated rings. The smallest absolute Gasteiger partial charge is 0.387 e. The number of halogens is 2. The van der Waals surface area contributed by atoms with Gasteiger partial charge >= 0.3 is 6.61 Å². The molecule has 1 aromatic rings. The van der Waals surface area contributed by atoms with E-state index in [1.807, 2.05) is 6.92 Å². The molecule has 0 bridgehead atoms. The van der Waals surface area contributed by atoms with Gasteiger partial charge in [0.15, 0.2) is 0 Å². The van der Waals surface area contributed by atoms with E-state index in [0.29, 0.717) is 17.9 Å². The van der Waals surface area contributed by atoms with Crippen LogP contribution in [0.2, 0.25) is 0 Å². The molecule has 16 heavy (non-hydrogen) atoms. The van der Waals surface area contributed by atoms with Crippen molar-refractivity contribution in [2.75, 3.05) is 6.61 Å². The zero-order valence-corrected chi connectivity index (χ0v) is 8.95. The van der Waals surface area contributed by atoms with Crippen LogP contribution in [0, 0.1) is 0 Å². The van der Waals surface area contributed by atoms with Crippen molar-refractivity contribution >= 4 is 0 Å². The van der Waals surface area contributed by atoms with Crippen molar-refractivity contribution in [3.63, 3.8) is 0 Å². The molecule has 0 radical (unpaired) electrons. The largest absolute Gasteiger partial charge is 0.493 e. The lowest BCUT2D eigenvalue weighted by molar-refractivity contribution is -0.0510. The SMILES string of the molecule is CCCOc1ccc(CO)c(OC(F)F)c1. The summed E-state index contributed by atoms with van der Waals surface area (Å²) in [4.78, 5) is 0. The first-order valence-corrected chi connectivity index (χ1v) is 4.98. The molecule has 0 aliphatic carbocycles. The van der Waals surface area contributed by atoms with Crippen LogP contribution < -0.4 is 9.47 Å². The Bertz CT molecular complexity index is 329. The fraction of sp³-hybridized carbons (Fsp3) is 0.455. The van der Waals surface area contributed by atoms with E-state index < -0.39 is 6.61 Å². The fourth-order valence-electron chi connectivity index (χ4n) is 1.18. The average molecular weight is 232 g/mol. The van der Waals surface area contributed by atoms with Crippen LogP contribution in [0.25, 0.3) is 0 Å². The molecule has 0 saturated heterocycles. The van der Waals surface area contributed by atoms with Crippen molar-refractivity contribution in [3.8, 4) is 11.5 Å². The van der Waals surface area contributed by atoms with Gasteiger partial charge in [0.05, 0.1) is 13.2 Å². The second-order valence-corrected chi connectivity index (χ2v) is 3.15. The highest BCUT2D eigenvalue weighted by Crippen LogP contribution is 2.26. The molecule has 0 atom stereocenters. The highest BCUT2D eigenvalue weighted by molar-refractivity contribution is 5.40. The maximum atomic E-state index is 12.1. The molecule has 0 aliphatic heterocycles. The summed E-state index contributed by atoms with van der Waals surface area (Å²) < 4.78 is 33.7. The van der Waals surface area contributed by atoms with Gasteiger partial charge in [-0.2, -0.15) is 8.78 Å². The van der Waals surface area contributed by atoms with Gasteiger partial charge in [0.2, 0.25) is 0 Å². The zero-order chi connectivity index (χ0) is 12.0. The van der Waals surface area contributed by atoms with Gasteiger partial charge in [-0.15, -0.1) is 0 Å². The van der Waals surface area contributed by atoms with E-state index in [1.54, 1.807) is 6.07 Å². The molecule has 0 aromatic heterocycles. The van der Waals surface area contributed by atoms with Gasteiger partial charge in [-0.25, -0.2) is 0 Å². The first-order chi connectivity index (χ1) is 7.67. The Labute approximate surface area is 92.6 Å². The third kappa shape index (κ3) is 3.66. The summed E-state index contributed by atoms with van der Waals surface area (Å²) in [7, 11) is 0. The van der Waals surface area contributed by atoms with Crippen molar-refractivity contribution in [1.29, 1.82) is 0 Å². The summed E-state index contributed by atoms with van der Waals surface area (Å²) in [6.45, 7) is -0.812. The molecule has 0 saturated carbocycles. The average Bonchev–Trinajstić information content (AvgIpc) is 2.26. The van der Waals surface area contributed by atoms with E-state index in [0.717, 1.165) is 6.42 Å². The van der Waals surface area contributed by atoms with Crippen molar-refractivity contribution < 1.29 is 23.4 Å². The van der Waals surface area contributed by atoms with Gasteiger partial charge in [-0.1, -0.05) is 6.92 Å². The van der Waals surface area contributed by atoms with Crippen LogP contribution in [0.1, 0.15) is 18.9 Å². The predicted octanol–water partition coefficient (Wildman–Crippen LogP) is 2.57. The topological polar surface area (TPSA) is 38.7 Å². The molecular formula is C11H14F2O3. The van der Waals surface area contributed by atoms with E-state index in [4.69, 9.17) is 9.84 Å². The fourth-order valence-corrected chi connectivity index (χ4v) is 1.18. The number of ether oxygens (including phenoxy) is 2. The van der Waals surface area contributed by atoms with Crippen molar-refractivity contribution in [3.05, 3.63) is 23.8 Å². The molecule has 1 aromatic carbocycles. The van der Waals surface area contributed by atoms with Crippen LogP contribution in [0.4, 0.5) is 8.78 Å². The summed E-state index contributed by atoms with van der Waals surface area (Å²) >= 11 is 0. The van der Waals surface area contributed by atoms with Crippen LogP contribution in [-0.4, -0.2) is 18.3 Å². The minimum Gasteiger partial charge on any atom is -0.493 e. The molecule has 0 spiro atoms. The second kappa shape index (κ2) is 6.27. The van der Waals surface area contributed by atoms with E-state index in [2.05, 4.69) is 4.74 Å². The zero-order valence-electron chi connectivity index (χ0n) is 8.95. The standard InChI is InChI=1S/C11H14F2O3/c1-2-5-15-9-4-3-8(7-14)10(6-9)16-11(12)13/h3-4,6,11,14H,2,5,7H2,1H3. The predicted molar refractivity (Wildman–Crippen MR) is 54.8 cm³/mol. The normalized spacial score (nSPS) is 10.6. The van der Waals surface area contributed by atoms with E-state index in [9.17, 15) is 8.78 Å². The van der Waals surface area contributed by atoms with Gasteiger partial charge in [-0.05, 0) is 18.6 Å². The highest BCUT2D eigenvalue weighted by Gasteiger charge is 2.10. The highest BCUT2D eigenvalue weighted by atomic mass is 19.3. The van der Waals surface area contributed by atoms with Gasteiger partial charge < -0.3 is 14.6 Å². The van der Waals surface area contributed by atoms with Gasteiger partial charge in [-0.3, -0.25) is 0 Å². The van der Waals surface area contributed by atoms with Gasteiger partial charge in [0.25, 0.3) is 0 Å². The molecule has 0 heterocycles. The summed E-state index contributed by atoms with van der Waals surface area (Å²) in [5, 5.41) is 8.93. The Morgan fingerprint density at radius 2 is 2.12 bits per heavy atom. The van der Waals surface area contributed by atoms with Crippen LogP contribution in [-0.2, 0) is 6.61 Å². The van der Waals surface area contributed by atoms with Crippen LogP contribution in [0.15, 0.2) is 18.2 Å². The first kappa shape index (κ1) is 12.7. The third-order valence-electron chi connectivity index (χ3n) is 1.90. The monoisotopic (exact) mass is 232 g/mol. The maximum absolute atomic E-state index is 12.1. The minimum absolute atomic E-state index is 0.0499. The Hall–Kier alpha value is -1.36. The summed E-state index contributed by atoms with van der Waals surface area (Å²) in [6.07, 6.45) is 0.826. The summed E-state index contributed by atoms with van der Waals surface area (Å²) in [5.74, 6) is 0.404. The lowest BCUT2D eigenvalue weighted by Gasteiger charge is -2.11. The van der Waals surface area contributed by atoms with Crippen LogP contribution in [0.3, 0.4) is 0 Å². The number of aliphatic hydroxyl groups excluding tert-OH is 1. The molecule has 0 amide bonds. The molecule has 90 valence electrons. The Balaban J connectivity index is 2.83.